The molecule has 78 valence electrons. The van der Waals surface area contributed by atoms with Gasteiger partial charge in [0.1, 0.15) is 0 Å². The molecule has 1 atom stereocenters. The first-order valence-electron chi connectivity index (χ1n) is 5.06. The van der Waals surface area contributed by atoms with Crippen LogP contribution < -0.4 is 5.32 Å². The number of hydrogen-bond donors (Lipinski definition) is 1. The van der Waals surface area contributed by atoms with Crippen molar-refractivity contribution in [2.75, 3.05) is 6.54 Å². The highest BCUT2D eigenvalue weighted by atomic mass is 32.1. The Kier molecular flexibility index (Phi) is 2.35. The minimum Gasteiger partial charge on any atom is -0.304 e. The SMILES string of the molecule is Cc1nc(C2NCCc3ccsc32)cs1. The van der Waals surface area contributed by atoms with Gasteiger partial charge < -0.3 is 5.32 Å². The Bertz CT molecular complexity index is 472. The molecule has 1 aliphatic heterocycles. The average molecular weight is 236 g/mol. The molecular formula is C11H12N2S2. The van der Waals surface area contributed by atoms with E-state index in [0.29, 0.717) is 6.04 Å². The van der Waals surface area contributed by atoms with E-state index in [9.17, 15) is 0 Å². The molecule has 1 N–H and O–H groups in total. The summed E-state index contributed by atoms with van der Waals surface area (Å²) in [7, 11) is 0. The van der Waals surface area contributed by atoms with Crippen LogP contribution in [0.5, 0.6) is 0 Å². The maximum Gasteiger partial charge on any atom is 0.0898 e. The average Bonchev–Trinajstić information content (AvgIpc) is 2.84. The molecule has 2 nitrogen and oxygen atoms in total. The lowest BCUT2D eigenvalue weighted by atomic mass is 10.0. The second kappa shape index (κ2) is 3.70. The Labute approximate surface area is 97.0 Å². The van der Waals surface area contributed by atoms with Crippen molar-refractivity contribution in [2.24, 2.45) is 0 Å². The number of nitrogens with zero attached hydrogens (tertiary/aromatic N) is 1. The second-order valence-electron chi connectivity index (χ2n) is 3.74. The van der Waals surface area contributed by atoms with Gasteiger partial charge in [-0.2, -0.15) is 0 Å². The van der Waals surface area contributed by atoms with E-state index in [2.05, 4.69) is 34.1 Å². The van der Waals surface area contributed by atoms with Crippen molar-refractivity contribution in [3.8, 4) is 0 Å². The third-order valence-electron chi connectivity index (χ3n) is 2.72. The maximum atomic E-state index is 4.58. The smallest absolute Gasteiger partial charge is 0.0898 e. The summed E-state index contributed by atoms with van der Waals surface area (Å²) >= 11 is 3.57. The lowest BCUT2D eigenvalue weighted by Gasteiger charge is -2.22. The zero-order valence-corrected chi connectivity index (χ0v) is 10.1. The van der Waals surface area contributed by atoms with Crippen molar-refractivity contribution >= 4 is 22.7 Å². The first kappa shape index (κ1) is 9.51. The molecule has 1 unspecified atom stereocenters. The van der Waals surface area contributed by atoms with Crippen LogP contribution in [0.25, 0.3) is 0 Å². The normalized spacial score (nSPS) is 20.2. The molecule has 2 aromatic rings. The molecule has 0 spiro atoms. The summed E-state index contributed by atoms with van der Waals surface area (Å²) in [4.78, 5) is 6.03. The standard InChI is InChI=1S/C11H12N2S2/c1-7-13-9(6-15-7)10-11-8(2-4-12-10)3-5-14-11/h3,5-6,10,12H,2,4H2,1H3. The number of aromatic nitrogens is 1. The van der Waals surface area contributed by atoms with Crippen molar-refractivity contribution in [3.63, 3.8) is 0 Å². The van der Waals surface area contributed by atoms with E-state index in [0.717, 1.165) is 18.0 Å². The Morgan fingerprint density at radius 2 is 2.40 bits per heavy atom. The number of nitrogens with one attached hydrogen (secondary N) is 1. The maximum absolute atomic E-state index is 4.58. The summed E-state index contributed by atoms with van der Waals surface area (Å²) in [6.45, 7) is 3.12. The molecular weight excluding hydrogens is 224 g/mol. The van der Waals surface area contributed by atoms with Gasteiger partial charge >= 0.3 is 0 Å². The fourth-order valence-corrected chi connectivity index (χ4v) is 3.68. The highest BCUT2D eigenvalue weighted by Gasteiger charge is 2.23. The van der Waals surface area contributed by atoms with Crippen LogP contribution in [0.15, 0.2) is 16.8 Å². The highest BCUT2D eigenvalue weighted by molar-refractivity contribution is 7.10. The minimum atomic E-state index is 0.332. The number of thiophene rings is 1. The zero-order chi connectivity index (χ0) is 10.3. The van der Waals surface area contributed by atoms with Crippen molar-refractivity contribution < 1.29 is 0 Å². The van der Waals surface area contributed by atoms with Crippen LogP contribution in [-0.4, -0.2) is 11.5 Å². The molecule has 0 aliphatic carbocycles. The van der Waals surface area contributed by atoms with E-state index in [1.807, 2.05) is 11.3 Å². The van der Waals surface area contributed by atoms with Crippen molar-refractivity contribution in [1.29, 1.82) is 0 Å². The van der Waals surface area contributed by atoms with Gasteiger partial charge in [0.15, 0.2) is 0 Å². The fraction of sp³-hybridized carbons (Fsp3) is 0.364. The summed E-state index contributed by atoms with van der Waals surface area (Å²) in [5.41, 5.74) is 2.68. The van der Waals surface area contributed by atoms with Gasteiger partial charge in [-0.15, -0.1) is 22.7 Å². The molecule has 0 saturated heterocycles. The Morgan fingerprint density at radius 1 is 1.47 bits per heavy atom. The van der Waals surface area contributed by atoms with Crippen LogP contribution in [-0.2, 0) is 6.42 Å². The third kappa shape index (κ3) is 1.62. The van der Waals surface area contributed by atoms with E-state index in [1.165, 1.54) is 16.1 Å². The molecule has 3 heterocycles. The van der Waals surface area contributed by atoms with Gasteiger partial charge in [0.25, 0.3) is 0 Å². The highest BCUT2D eigenvalue weighted by Crippen LogP contribution is 2.32. The molecule has 0 aromatic carbocycles. The molecule has 4 heteroatoms. The number of fused-ring (bicyclic) bond motifs is 1. The van der Waals surface area contributed by atoms with Gasteiger partial charge in [0.2, 0.25) is 0 Å². The van der Waals surface area contributed by atoms with Crippen molar-refractivity contribution in [3.05, 3.63) is 38.0 Å². The first-order chi connectivity index (χ1) is 7.34. The second-order valence-corrected chi connectivity index (χ2v) is 5.75. The predicted molar refractivity (Wildman–Crippen MR) is 64.7 cm³/mol. The van der Waals surface area contributed by atoms with Gasteiger partial charge in [-0.25, -0.2) is 4.98 Å². The van der Waals surface area contributed by atoms with Crippen LogP contribution >= 0.6 is 22.7 Å². The van der Waals surface area contributed by atoms with Gasteiger partial charge in [-0.1, -0.05) is 0 Å². The van der Waals surface area contributed by atoms with E-state index in [1.54, 1.807) is 11.3 Å². The molecule has 1 aliphatic rings. The summed E-state index contributed by atoms with van der Waals surface area (Å²) in [5.74, 6) is 0. The summed E-state index contributed by atoms with van der Waals surface area (Å²) in [6.07, 6.45) is 1.15. The van der Waals surface area contributed by atoms with E-state index < -0.39 is 0 Å². The molecule has 2 aromatic heterocycles. The van der Waals surface area contributed by atoms with Gasteiger partial charge in [-0.3, -0.25) is 0 Å². The molecule has 15 heavy (non-hydrogen) atoms. The number of rotatable bonds is 1. The number of aryl methyl sites for hydroxylation is 1. The quantitative estimate of drug-likeness (QED) is 0.823. The lowest BCUT2D eigenvalue weighted by molar-refractivity contribution is 0.569. The van der Waals surface area contributed by atoms with Crippen molar-refractivity contribution in [2.45, 2.75) is 19.4 Å². The van der Waals surface area contributed by atoms with Crippen LogP contribution in [0.4, 0.5) is 0 Å². The molecule has 0 saturated carbocycles. The lowest BCUT2D eigenvalue weighted by Crippen LogP contribution is -2.29. The first-order valence-corrected chi connectivity index (χ1v) is 6.82. The van der Waals surface area contributed by atoms with Gasteiger partial charge in [-0.05, 0) is 30.4 Å². The molecule has 3 rings (SSSR count). The third-order valence-corrected chi connectivity index (χ3v) is 4.53. The van der Waals surface area contributed by atoms with Gasteiger partial charge in [0, 0.05) is 16.8 Å². The Hall–Kier alpha value is -0.710. The van der Waals surface area contributed by atoms with Gasteiger partial charge in [0.05, 0.1) is 16.7 Å². The fourth-order valence-electron chi connectivity index (χ4n) is 2.00. The van der Waals surface area contributed by atoms with Crippen molar-refractivity contribution in [1.82, 2.24) is 10.3 Å². The Morgan fingerprint density at radius 3 is 3.20 bits per heavy atom. The van der Waals surface area contributed by atoms with Crippen LogP contribution in [0, 0.1) is 6.92 Å². The van der Waals surface area contributed by atoms with E-state index >= 15 is 0 Å². The van der Waals surface area contributed by atoms with Crippen LogP contribution in [0.3, 0.4) is 0 Å². The molecule has 0 fully saturated rings. The van der Waals surface area contributed by atoms with Crippen LogP contribution in [0.1, 0.15) is 27.2 Å². The van der Waals surface area contributed by atoms with Crippen LogP contribution in [0.2, 0.25) is 0 Å². The molecule has 0 radical (unpaired) electrons. The minimum absolute atomic E-state index is 0.332. The zero-order valence-electron chi connectivity index (χ0n) is 8.49. The van der Waals surface area contributed by atoms with E-state index in [-0.39, 0.29) is 0 Å². The summed E-state index contributed by atoms with van der Waals surface area (Å²) < 4.78 is 0. The summed E-state index contributed by atoms with van der Waals surface area (Å²) in [5, 5.41) is 9.05. The summed E-state index contributed by atoms with van der Waals surface area (Å²) in [6, 6.07) is 2.58. The largest absolute Gasteiger partial charge is 0.304 e. The predicted octanol–water partition coefficient (Wildman–Crippen LogP) is 2.75. The molecule has 0 amide bonds. The topological polar surface area (TPSA) is 24.9 Å². The number of hydrogen-bond acceptors (Lipinski definition) is 4. The molecule has 0 bridgehead atoms. The number of thiazole rings is 1. The monoisotopic (exact) mass is 236 g/mol. The Balaban J connectivity index is 2.02. The van der Waals surface area contributed by atoms with E-state index in [4.69, 9.17) is 0 Å².